The van der Waals surface area contributed by atoms with E-state index in [4.69, 9.17) is 39.7 Å². The number of hydrogen-bond acceptors (Lipinski definition) is 7. The van der Waals surface area contributed by atoms with E-state index in [-0.39, 0.29) is 80.5 Å². The largest absolute Gasteiger partial charge is 1.00 e. The van der Waals surface area contributed by atoms with Crippen LogP contribution in [0.3, 0.4) is 0 Å². The number of carbonyl (C=O) groups is 4. The molecule has 0 aromatic rings. The molecule has 0 aromatic carbocycles. The standard InChI is InChI=1S/C10H16N2O8.2Na.H3O4P.H2O.2H/c13-7(14)3-11(4-8(15)16)1-2-12(5-9(17)18)6-10(19)20;;;1-5(2,3)4;;;/h1-6H2,(H,13,14)(H,15,16)(H,17,18)(H,19,20);;;(H3,1,2,3,4);1H2;;/q;2*+1;;;2*-1. The van der Waals surface area contributed by atoms with E-state index in [1.54, 1.807) is 0 Å². The smallest absolute Gasteiger partial charge is 1.00 e. The normalized spacial score (nSPS) is 9.75. The van der Waals surface area contributed by atoms with Gasteiger partial charge in [0.05, 0.1) is 26.2 Å². The summed E-state index contributed by atoms with van der Waals surface area (Å²) in [5.74, 6) is -4.91. The molecule has 0 aromatic heterocycles. The van der Waals surface area contributed by atoms with E-state index in [1.165, 1.54) is 0 Å². The average molecular weight is 456 g/mol. The molecule has 18 heteroatoms. The quantitative estimate of drug-likeness (QED) is 0.112. The van der Waals surface area contributed by atoms with Crippen molar-refractivity contribution in [3.63, 3.8) is 0 Å². The first-order valence-electron chi connectivity index (χ1n) is 6.31. The summed E-state index contributed by atoms with van der Waals surface area (Å²) >= 11 is 0. The maximum atomic E-state index is 10.6. The van der Waals surface area contributed by atoms with Crippen LogP contribution in [0.15, 0.2) is 0 Å². The van der Waals surface area contributed by atoms with Crippen molar-refractivity contribution >= 4 is 31.7 Å². The molecular weight excluding hydrogens is 433 g/mol. The van der Waals surface area contributed by atoms with Gasteiger partial charge in [-0.25, -0.2) is 4.57 Å². The van der Waals surface area contributed by atoms with Crippen LogP contribution < -0.4 is 59.1 Å². The Kier molecular flexibility index (Phi) is 27.7. The van der Waals surface area contributed by atoms with Gasteiger partial charge in [-0.15, -0.1) is 0 Å². The van der Waals surface area contributed by atoms with Crippen LogP contribution in [0.5, 0.6) is 0 Å². The zero-order chi connectivity index (χ0) is 20.2. The van der Waals surface area contributed by atoms with Crippen molar-refractivity contribution in [3.05, 3.63) is 0 Å². The first-order valence-corrected chi connectivity index (χ1v) is 7.87. The molecule has 0 saturated heterocycles. The summed E-state index contributed by atoms with van der Waals surface area (Å²) in [7, 11) is -4.64. The SMILES string of the molecule is O.O=C(O)CN(CCN(CC(=O)O)CC(=O)O)CC(=O)O.O=P(O)(O)O.[H-].[H-].[Na+].[Na+]. The second kappa shape index (κ2) is 20.2. The van der Waals surface area contributed by atoms with Gasteiger partial charge in [-0.1, -0.05) is 0 Å². The maximum absolute atomic E-state index is 10.6. The van der Waals surface area contributed by atoms with E-state index < -0.39 is 57.9 Å². The summed E-state index contributed by atoms with van der Waals surface area (Å²) in [5, 5.41) is 34.5. The second-order valence-corrected chi connectivity index (χ2v) is 5.54. The molecule has 0 bridgehead atoms. The Morgan fingerprint density at radius 3 is 0.893 bits per heavy atom. The van der Waals surface area contributed by atoms with Gasteiger partial charge in [-0.3, -0.25) is 29.0 Å². The summed E-state index contributed by atoms with van der Waals surface area (Å²) < 4.78 is 8.88. The predicted molar refractivity (Wildman–Crippen MR) is 83.5 cm³/mol. The van der Waals surface area contributed by atoms with Crippen LogP contribution in [-0.2, 0) is 23.7 Å². The third-order valence-corrected chi connectivity index (χ3v) is 2.17. The molecule has 0 radical (unpaired) electrons. The molecule has 0 heterocycles. The van der Waals surface area contributed by atoms with Crippen LogP contribution in [0, 0.1) is 0 Å². The number of rotatable bonds is 11. The van der Waals surface area contributed by atoms with Gasteiger partial charge in [0, 0.05) is 13.1 Å². The first-order chi connectivity index (χ1) is 11.2. The summed E-state index contributed by atoms with van der Waals surface area (Å²) in [5.41, 5.74) is 0. The van der Waals surface area contributed by atoms with Gasteiger partial charge in [0.1, 0.15) is 0 Å². The Hall–Kier alpha value is -0.130. The van der Waals surface area contributed by atoms with E-state index in [1.807, 2.05) is 0 Å². The van der Waals surface area contributed by atoms with Crippen molar-refractivity contribution in [2.75, 3.05) is 39.3 Å². The first kappa shape index (κ1) is 38.5. The van der Waals surface area contributed by atoms with Gasteiger partial charge in [0.25, 0.3) is 0 Å². The van der Waals surface area contributed by atoms with Crippen LogP contribution in [0.2, 0.25) is 0 Å². The van der Waals surface area contributed by atoms with Crippen LogP contribution in [0.4, 0.5) is 0 Å². The Balaban J connectivity index is -0.0000000948. The van der Waals surface area contributed by atoms with E-state index >= 15 is 0 Å². The third-order valence-electron chi connectivity index (χ3n) is 2.17. The number of nitrogens with zero attached hydrogens (tertiary/aromatic N) is 2. The minimum absolute atomic E-state index is 0. The summed E-state index contributed by atoms with van der Waals surface area (Å²) in [6.45, 7) is -2.25. The molecule has 0 amide bonds. The zero-order valence-electron chi connectivity index (χ0n) is 17.3. The topological polar surface area (TPSA) is 265 Å². The molecular formula is C10H23N2Na2O13P. The number of carboxylic acids is 4. The van der Waals surface area contributed by atoms with Gasteiger partial charge in [-0.2, -0.15) is 0 Å². The molecule has 9 N–H and O–H groups in total. The number of phosphoric acid groups is 1. The maximum Gasteiger partial charge on any atom is 1.00 e. The van der Waals surface area contributed by atoms with Gasteiger partial charge in [0.15, 0.2) is 0 Å². The van der Waals surface area contributed by atoms with Crippen LogP contribution in [-0.4, -0.2) is 114 Å². The average Bonchev–Trinajstić information content (AvgIpc) is 2.30. The zero-order valence-corrected chi connectivity index (χ0v) is 20.2. The fraction of sp³-hybridized carbons (Fsp3) is 0.600. The van der Waals surface area contributed by atoms with E-state index in [0.29, 0.717) is 0 Å². The Morgan fingerprint density at radius 1 is 0.643 bits per heavy atom. The van der Waals surface area contributed by atoms with Gasteiger partial charge >= 0.3 is 90.8 Å². The molecule has 0 unspecified atom stereocenters. The molecule has 158 valence electrons. The Labute approximate surface area is 206 Å². The molecule has 0 spiro atoms. The van der Waals surface area contributed by atoms with Crippen LogP contribution in [0.25, 0.3) is 0 Å². The summed E-state index contributed by atoms with van der Waals surface area (Å²) in [6, 6.07) is 0. The second-order valence-electron chi connectivity index (χ2n) is 4.51. The number of carboxylic acid groups (broad SMARTS) is 4. The van der Waals surface area contributed by atoms with E-state index in [2.05, 4.69) is 0 Å². The minimum Gasteiger partial charge on any atom is -1.00 e. The van der Waals surface area contributed by atoms with Crippen molar-refractivity contribution in [1.29, 1.82) is 0 Å². The van der Waals surface area contributed by atoms with E-state index in [9.17, 15) is 19.2 Å². The molecule has 0 aliphatic carbocycles. The Bertz CT molecular complexity index is 464. The molecule has 0 rings (SSSR count). The fourth-order valence-electron chi connectivity index (χ4n) is 1.48. The summed E-state index contributed by atoms with van der Waals surface area (Å²) in [6.07, 6.45) is 0. The van der Waals surface area contributed by atoms with Gasteiger partial charge in [-0.05, 0) is 0 Å². The molecule has 0 fully saturated rings. The molecule has 0 atom stereocenters. The van der Waals surface area contributed by atoms with Crippen LogP contribution >= 0.6 is 7.82 Å². The van der Waals surface area contributed by atoms with Gasteiger partial charge in [0.2, 0.25) is 0 Å². The monoisotopic (exact) mass is 456 g/mol. The fourth-order valence-corrected chi connectivity index (χ4v) is 1.48. The number of hydrogen-bond donors (Lipinski definition) is 7. The van der Waals surface area contributed by atoms with Gasteiger partial charge < -0.3 is 43.4 Å². The van der Waals surface area contributed by atoms with Crippen molar-refractivity contribution in [2.24, 2.45) is 0 Å². The molecule has 15 nitrogen and oxygen atoms in total. The third kappa shape index (κ3) is 36.7. The van der Waals surface area contributed by atoms with Crippen molar-refractivity contribution in [2.45, 2.75) is 0 Å². The molecule has 0 saturated carbocycles. The van der Waals surface area contributed by atoms with Crippen molar-refractivity contribution in [1.82, 2.24) is 9.80 Å². The minimum atomic E-state index is -4.64. The number of aliphatic carboxylic acids is 4. The summed E-state index contributed by atoms with van der Waals surface area (Å²) in [4.78, 5) is 65.9. The molecule has 0 aliphatic heterocycles. The van der Waals surface area contributed by atoms with Crippen LogP contribution in [0.1, 0.15) is 2.85 Å². The predicted octanol–water partition coefficient (Wildman–Crippen LogP) is -9.59. The Morgan fingerprint density at radius 2 is 0.786 bits per heavy atom. The van der Waals surface area contributed by atoms with Crippen molar-refractivity contribution in [3.8, 4) is 0 Å². The molecule has 0 aliphatic rings. The van der Waals surface area contributed by atoms with Crippen molar-refractivity contribution < 1.29 is 126 Å². The molecule has 28 heavy (non-hydrogen) atoms. The van der Waals surface area contributed by atoms with E-state index in [0.717, 1.165) is 9.80 Å².